The molecule has 1 aromatic heterocycles. The minimum absolute atomic E-state index is 0.0943. The van der Waals surface area contributed by atoms with Crippen LogP contribution in [-0.2, 0) is 9.47 Å². The molecule has 2 fully saturated rings. The maximum absolute atomic E-state index is 14.0. The molecule has 0 amide bonds. The van der Waals surface area contributed by atoms with E-state index < -0.39 is 5.79 Å². The Labute approximate surface area is 230 Å². The van der Waals surface area contributed by atoms with Crippen molar-refractivity contribution in [3.63, 3.8) is 0 Å². The molecule has 40 heavy (non-hydrogen) atoms. The quantitative estimate of drug-likeness (QED) is 0.309. The molecule has 0 radical (unpaired) electrons. The number of anilines is 3. The van der Waals surface area contributed by atoms with Gasteiger partial charge in [0.05, 0.1) is 56.9 Å². The van der Waals surface area contributed by atoms with E-state index in [4.69, 9.17) is 28.2 Å². The lowest BCUT2D eigenvalue weighted by atomic mass is 9.86. The minimum atomic E-state index is -0.512. The first kappa shape index (κ1) is 24.7. The number of ketones is 1. The van der Waals surface area contributed by atoms with Crippen LogP contribution in [0.5, 0.6) is 17.2 Å². The van der Waals surface area contributed by atoms with Crippen molar-refractivity contribution in [2.45, 2.75) is 18.6 Å². The number of methoxy groups -OCH3 is 3. The third kappa shape index (κ3) is 3.70. The monoisotopic (exact) mass is 543 g/mol. The summed E-state index contributed by atoms with van der Waals surface area (Å²) in [7, 11) is 4.70. The maximum Gasteiger partial charge on any atom is 0.203 e. The van der Waals surface area contributed by atoms with Gasteiger partial charge in [-0.2, -0.15) is 0 Å². The molecule has 4 aromatic rings. The van der Waals surface area contributed by atoms with Crippen LogP contribution in [0.4, 0.5) is 17.1 Å². The minimum Gasteiger partial charge on any atom is -0.493 e. The van der Waals surface area contributed by atoms with Gasteiger partial charge in [-0.25, -0.2) is 0 Å². The zero-order valence-electron chi connectivity index (χ0n) is 22.5. The molecule has 1 spiro atoms. The number of nitrogens with zero attached hydrogens (tertiary/aromatic N) is 2. The van der Waals surface area contributed by atoms with Gasteiger partial charge in [-0.15, -0.1) is 0 Å². The van der Waals surface area contributed by atoms with Crippen LogP contribution in [0, 0.1) is 0 Å². The summed E-state index contributed by atoms with van der Waals surface area (Å²) in [5.74, 6) is 1.47. The van der Waals surface area contributed by atoms with Crippen molar-refractivity contribution in [1.29, 1.82) is 0 Å². The number of hydrogen-bond donors (Lipinski definition) is 1. The maximum atomic E-state index is 14.0. The van der Waals surface area contributed by atoms with Gasteiger partial charge >= 0.3 is 0 Å². The summed E-state index contributed by atoms with van der Waals surface area (Å²) >= 11 is 0. The van der Waals surface area contributed by atoms with Crippen molar-refractivity contribution in [2.24, 2.45) is 0 Å². The van der Waals surface area contributed by atoms with Crippen LogP contribution in [0.3, 0.4) is 0 Å². The SMILES string of the molecule is COc1cc(Nc2cc(N3CCC4(CC3)OCCO4)c3noc4c3c2C(=O)c2ccccc2-4)cc(OC)c1OC. The number of carbonyl (C=O) groups excluding carboxylic acids is 1. The number of rotatable bonds is 6. The molecule has 0 saturated carbocycles. The summed E-state index contributed by atoms with van der Waals surface area (Å²) in [5, 5.41) is 8.67. The Bertz CT molecular complexity index is 1610. The van der Waals surface area contributed by atoms with Crippen LogP contribution >= 0.6 is 0 Å². The predicted octanol–water partition coefficient (Wildman–Crippen LogP) is 5.15. The van der Waals surface area contributed by atoms with E-state index in [1.807, 2.05) is 42.5 Å². The molecular formula is C30H29N3O7. The molecule has 1 N–H and O–H groups in total. The van der Waals surface area contributed by atoms with E-state index in [2.05, 4.69) is 15.4 Å². The van der Waals surface area contributed by atoms with Gasteiger partial charge in [0, 0.05) is 54.9 Å². The number of piperidine rings is 1. The normalized spacial score (nSPS) is 17.3. The van der Waals surface area contributed by atoms with E-state index in [0.717, 1.165) is 24.1 Å². The van der Waals surface area contributed by atoms with Crippen molar-refractivity contribution >= 4 is 33.7 Å². The number of nitrogens with one attached hydrogen (secondary N) is 1. The van der Waals surface area contributed by atoms with Gasteiger partial charge in [0.15, 0.2) is 28.8 Å². The molecule has 2 saturated heterocycles. The molecule has 1 aliphatic carbocycles. The number of carbonyl (C=O) groups is 1. The molecule has 7 rings (SSSR count). The van der Waals surface area contributed by atoms with Gasteiger partial charge in [0.25, 0.3) is 0 Å². The standard InChI is InChI=1S/C30H29N3O7/c1-35-22-14-17(15-23(36-2)29(22)37-3)31-20-16-21(33-10-8-30(9-11-33)38-12-13-39-30)26-25-24(20)27(34)18-6-4-5-7-19(18)28(25)40-32-26/h4-7,14-16,31H,8-13H2,1-3H3. The summed E-state index contributed by atoms with van der Waals surface area (Å²) in [4.78, 5) is 16.2. The topological polar surface area (TPSA) is 105 Å². The number of ether oxygens (including phenoxy) is 5. The van der Waals surface area contributed by atoms with Crippen LogP contribution in [-0.4, -0.2) is 64.4 Å². The molecule has 0 unspecified atom stereocenters. The average molecular weight is 544 g/mol. The average Bonchev–Trinajstić information content (AvgIpc) is 3.64. The fraction of sp³-hybridized carbons (Fsp3) is 0.333. The molecule has 0 bridgehead atoms. The first-order chi connectivity index (χ1) is 19.6. The second kappa shape index (κ2) is 9.42. The molecule has 10 nitrogen and oxygen atoms in total. The van der Waals surface area contributed by atoms with Gasteiger partial charge in [0.2, 0.25) is 5.75 Å². The van der Waals surface area contributed by atoms with Gasteiger partial charge in [-0.1, -0.05) is 29.4 Å². The van der Waals surface area contributed by atoms with Crippen LogP contribution in [0.25, 0.3) is 22.2 Å². The second-order valence-corrected chi connectivity index (χ2v) is 10.1. The number of hydrogen-bond acceptors (Lipinski definition) is 10. The Balaban J connectivity index is 1.38. The van der Waals surface area contributed by atoms with Crippen LogP contribution in [0.1, 0.15) is 28.8 Å². The van der Waals surface area contributed by atoms with E-state index in [0.29, 0.717) is 82.7 Å². The molecular weight excluding hydrogens is 514 g/mol. The van der Waals surface area contributed by atoms with E-state index in [1.54, 1.807) is 21.3 Å². The van der Waals surface area contributed by atoms with Gasteiger partial charge in [-0.05, 0) is 6.07 Å². The van der Waals surface area contributed by atoms with Gasteiger partial charge in [-0.3, -0.25) is 4.79 Å². The van der Waals surface area contributed by atoms with Crippen molar-refractivity contribution in [3.8, 4) is 28.6 Å². The van der Waals surface area contributed by atoms with Crippen LogP contribution in [0.2, 0.25) is 0 Å². The zero-order valence-corrected chi connectivity index (χ0v) is 22.5. The largest absolute Gasteiger partial charge is 0.493 e. The van der Waals surface area contributed by atoms with E-state index in [1.165, 1.54) is 0 Å². The van der Waals surface area contributed by atoms with Crippen molar-refractivity contribution in [1.82, 2.24) is 5.16 Å². The van der Waals surface area contributed by atoms with Gasteiger partial charge < -0.3 is 38.4 Å². The lowest BCUT2D eigenvalue weighted by Crippen LogP contribution is -2.45. The molecule has 10 heteroatoms. The Morgan fingerprint density at radius 3 is 2.25 bits per heavy atom. The van der Waals surface area contributed by atoms with E-state index >= 15 is 0 Å². The summed E-state index contributed by atoms with van der Waals surface area (Å²) in [6.45, 7) is 2.67. The van der Waals surface area contributed by atoms with E-state index in [-0.39, 0.29) is 5.78 Å². The van der Waals surface area contributed by atoms with Crippen molar-refractivity contribution in [3.05, 3.63) is 53.6 Å². The smallest absolute Gasteiger partial charge is 0.203 e. The van der Waals surface area contributed by atoms with Crippen molar-refractivity contribution in [2.75, 3.05) is 57.8 Å². The third-order valence-corrected chi connectivity index (χ3v) is 8.00. The van der Waals surface area contributed by atoms with Crippen LogP contribution < -0.4 is 24.4 Å². The predicted molar refractivity (Wildman–Crippen MR) is 148 cm³/mol. The highest BCUT2D eigenvalue weighted by atomic mass is 16.7. The first-order valence-electron chi connectivity index (χ1n) is 13.3. The summed E-state index contributed by atoms with van der Waals surface area (Å²) < 4.78 is 34.5. The molecule has 3 aromatic carbocycles. The Kier molecular flexibility index (Phi) is 5.83. The van der Waals surface area contributed by atoms with Crippen LogP contribution in [0.15, 0.2) is 47.0 Å². The second-order valence-electron chi connectivity index (χ2n) is 10.1. The molecule has 0 atom stereocenters. The molecule has 2 aliphatic heterocycles. The molecule has 3 aliphatic rings. The number of fused-ring (bicyclic) bond motifs is 2. The van der Waals surface area contributed by atoms with Crippen molar-refractivity contribution < 1.29 is 33.0 Å². The highest BCUT2D eigenvalue weighted by Gasteiger charge is 2.41. The van der Waals surface area contributed by atoms with Gasteiger partial charge in [0.1, 0.15) is 5.52 Å². The fourth-order valence-electron chi connectivity index (χ4n) is 6.06. The highest BCUT2D eigenvalue weighted by molar-refractivity contribution is 6.28. The lowest BCUT2D eigenvalue weighted by molar-refractivity contribution is -0.169. The highest BCUT2D eigenvalue weighted by Crippen LogP contribution is 2.48. The Morgan fingerprint density at radius 2 is 1.60 bits per heavy atom. The molecule has 3 heterocycles. The molecule has 206 valence electrons. The summed E-state index contributed by atoms with van der Waals surface area (Å²) in [6, 6.07) is 13.1. The van der Waals surface area contributed by atoms with E-state index in [9.17, 15) is 4.79 Å². The first-order valence-corrected chi connectivity index (χ1v) is 13.3. The number of aromatic nitrogens is 1. The number of benzene rings is 3. The Morgan fingerprint density at radius 1 is 0.925 bits per heavy atom. The third-order valence-electron chi connectivity index (χ3n) is 8.00. The zero-order chi connectivity index (χ0) is 27.4. The summed E-state index contributed by atoms with van der Waals surface area (Å²) in [5.41, 5.74) is 4.67. The lowest BCUT2D eigenvalue weighted by Gasteiger charge is -2.39. The summed E-state index contributed by atoms with van der Waals surface area (Å²) in [6.07, 6.45) is 1.47. The fourth-order valence-corrected chi connectivity index (χ4v) is 6.06. The Hall–Kier alpha value is -4.28.